The van der Waals surface area contributed by atoms with Crippen LogP contribution < -0.4 is 0 Å². The van der Waals surface area contributed by atoms with Crippen LogP contribution in [0.5, 0.6) is 0 Å². The van der Waals surface area contributed by atoms with Crippen molar-refractivity contribution in [1.29, 1.82) is 0 Å². The summed E-state index contributed by atoms with van der Waals surface area (Å²) in [6, 6.07) is 1.73. The van der Waals surface area contributed by atoms with E-state index in [1.807, 2.05) is 5.38 Å². The molecule has 0 aromatic carbocycles. The third-order valence-electron chi connectivity index (χ3n) is 2.52. The molecule has 7 heteroatoms. The summed E-state index contributed by atoms with van der Waals surface area (Å²) >= 11 is 2.78. The number of carboxylic acid groups (broad SMARTS) is 1. The number of hydrogen-bond donors (Lipinski definition) is 1. The Balaban J connectivity index is 2.13. The highest BCUT2D eigenvalue weighted by atomic mass is 32.1. The van der Waals surface area contributed by atoms with Crippen LogP contribution >= 0.6 is 22.7 Å². The largest absolute Gasteiger partial charge is 0.478 e. The van der Waals surface area contributed by atoms with Gasteiger partial charge in [0.15, 0.2) is 0 Å². The molecule has 20 heavy (non-hydrogen) atoms. The van der Waals surface area contributed by atoms with Gasteiger partial charge in [-0.2, -0.15) is 0 Å². The van der Waals surface area contributed by atoms with Gasteiger partial charge in [-0.3, -0.25) is 4.79 Å². The Morgan fingerprint density at radius 1 is 1.50 bits per heavy atom. The van der Waals surface area contributed by atoms with Gasteiger partial charge in [0.1, 0.15) is 0 Å². The first-order valence-corrected chi connectivity index (χ1v) is 7.51. The van der Waals surface area contributed by atoms with Crippen molar-refractivity contribution in [3.63, 3.8) is 0 Å². The SMILES string of the molecule is CN(Cc1cscn1)C(=O)c1sccc1C=CC(=O)O. The number of carbonyl (C=O) groups is 2. The number of carboxylic acids is 1. The number of aromatic nitrogens is 1. The molecule has 0 fully saturated rings. The van der Waals surface area contributed by atoms with Gasteiger partial charge in [0, 0.05) is 18.5 Å². The van der Waals surface area contributed by atoms with Crippen LogP contribution in [-0.2, 0) is 11.3 Å². The van der Waals surface area contributed by atoms with Crippen LogP contribution in [0.3, 0.4) is 0 Å². The molecule has 0 saturated heterocycles. The van der Waals surface area contributed by atoms with Gasteiger partial charge >= 0.3 is 5.97 Å². The zero-order valence-corrected chi connectivity index (χ0v) is 12.3. The lowest BCUT2D eigenvalue weighted by molar-refractivity contribution is -0.131. The zero-order chi connectivity index (χ0) is 14.5. The first kappa shape index (κ1) is 14.4. The summed E-state index contributed by atoms with van der Waals surface area (Å²) in [5, 5.41) is 12.3. The number of aliphatic carboxylic acids is 1. The van der Waals surface area contributed by atoms with Crippen LogP contribution in [-0.4, -0.2) is 33.9 Å². The number of amides is 1. The smallest absolute Gasteiger partial charge is 0.328 e. The molecule has 2 rings (SSSR count). The minimum absolute atomic E-state index is 0.141. The standard InChI is InChI=1S/C13H12N2O3S2/c1-15(6-10-7-19-8-14-10)13(18)12-9(4-5-20-12)2-3-11(16)17/h2-5,7-8H,6H2,1H3,(H,16,17). The van der Waals surface area contributed by atoms with Crippen molar-refractivity contribution in [3.8, 4) is 0 Å². The molecule has 1 N–H and O–H groups in total. The van der Waals surface area contributed by atoms with E-state index >= 15 is 0 Å². The average molecular weight is 308 g/mol. The van der Waals surface area contributed by atoms with Gasteiger partial charge in [0.2, 0.25) is 0 Å². The molecule has 0 saturated carbocycles. The van der Waals surface area contributed by atoms with E-state index in [0.717, 1.165) is 11.8 Å². The first-order valence-electron chi connectivity index (χ1n) is 5.69. The van der Waals surface area contributed by atoms with Gasteiger partial charge in [-0.1, -0.05) is 0 Å². The fourth-order valence-electron chi connectivity index (χ4n) is 1.59. The predicted octanol–water partition coefficient (Wildman–Crippen LogP) is 2.57. The molecule has 0 aliphatic heterocycles. The highest BCUT2D eigenvalue weighted by molar-refractivity contribution is 7.12. The van der Waals surface area contributed by atoms with Gasteiger partial charge in [-0.25, -0.2) is 9.78 Å². The van der Waals surface area contributed by atoms with Crippen LogP contribution in [0, 0.1) is 0 Å². The van der Waals surface area contributed by atoms with Crippen molar-refractivity contribution in [3.05, 3.63) is 44.5 Å². The van der Waals surface area contributed by atoms with Gasteiger partial charge in [0.05, 0.1) is 22.6 Å². The van der Waals surface area contributed by atoms with E-state index in [1.54, 1.807) is 28.9 Å². The van der Waals surface area contributed by atoms with Crippen LogP contribution in [0.15, 0.2) is 28.4 Å². The van der Waals surface area contributed by atoms with Gasteiger partial charge in [-0.15, -0.1) is 22.7 Å². The Morgan fingerprint density at radius 3 is 2.95 bits per heavy atom. The van der Waals surface area contributed by atoms with E-state index in [-0.39, 0.29) is 5.91 Å². The average Bonchev–Trinajstić information content (AvgIpc) is 3.06. The Morgan fingerprint density at radius 2 is 2.30 bits per heavy atom. The minimum Gasteiger partial charge on any atom is -0.478 e. The second kappa shape index (κ2) is 6.44. The lowest BCUT2D eigenvalue weighted by Crippen LogP contribution is -2.26. The Labute approximate surface area is 123 Å². The van der Waals surface area contributed by atoms with Crippen molar-refractivity contribution < 1.29 is 14.7 Å². The number of thiazole rings is 1. The Bertz CT molecular complexity index is 632. The van der Waals surface area contributed by atoms with Crippen molar-refractivity contribution in [2.24, 2.45) is 0 Å². The quantitative estimate of drug-likeness (QED) is 0.862. The van der Waals surface area contributed by atoms with Crippen molar-refractivity contribution in [2.75, 3.05) is 7.05 Å². The Hall–Kier alpha value is -1.99. The van der Waals surface area contributed by atoms with Crippen molar-refractivity contribution >= 4 is 40.6 Å². The Kier molecular flexibility index (Phi) is 4.65. The molecule has 2 aromatic heterocycles. The maximum atomic E-state index is 12.3. The summed E-state index contributed by atoms with van der Waals surface area (Å²) in [7, 11) is 1.70. The number of nitrogens with zero attached hydrogens (tertiary/aromatic N) is 2. The number of rotatable bonds is 5. The lowest BCUT2D eigenvalue weighted by Gasteiger charge is -2.15. The summed E-state index contributed by atoms with van der Waals surface area (Å²) in [6.45, 7) is 0.433. The van der Waals surface area contributed by atoms with Gasteiger partial charge in [0.25, 0.3) is 5.91 Å². The molecule has 0 bridgehead atoms. The van der Waals surface area contributed by atoms with Crippen molar-refractivity contribution in [1.82, 2.24) is 9.88 Å². The first-order chi connectivity index (χ1) is 9.58. The molecule has 0 aliphatic carbocycles. The molecular formula is C13H12N2O3S2. The lowest BCUT2D eigenvalue weighted by atomic mass is 10.2. The topological polar surface area (TPSA) is 70.5 Å². The second-order valence-corrected chi connectivity index (χ2v) is 5.65. The molecule has 0 atom stereocenters. The van der Waals surface area contributed by atoms with Gasteiger partial charge in [-0.05, 0) is 23.1 Å². The molecule has 104 valence electrons. The highest BCUT2D eigenvalue weighted by Crippen LogP contribution is 2.21. The number of thiophene rings is 1. The zero-order valence-electron chi connectivity index (χ0n) is 10.6. The summed E-state index contributed by atoms with van der Waals surface area (Å²) in [5.74, 6) is -1.18. The number of hydrogen-bond acceptors (Lipinski definition) is 5. The molecule has 0 radical (unpaired) electrons. The molecule has 2 aromatic rings. The van der Waals surface area contributed by atoms with E-state index < -0.39 is 5.97 Å². The van der Waals surface area contributed by atoms with E-state index in [4.69, 9.17) is 5.11 Å². The van der Waals surface area contributed by atoms with Crippen LogP contribution in [0.4, 0.5) is 0 Å². The van der Waals surface area contributed by atoms with E-state index in [1.165, 1.54) is 28.7 Å². The maximum absolute atomic E-state index is 12.3. The molecule has 1 amide bonds. The van der Waals surface area contributed by atoms with Crippen LogP contribution in [0.25, 0.3) is 6.08 Å². The van der Waals surface area contributed by atoms with Crippen molar-refractivity contribution in [2.45, 2.75) is 6.54 Å². The minimum atomic E-state index is -1.04. The summed E-state index contributed by atoms with van der Waals surface area (Å²) in [5.41, 5.74) is 3.18. The molecular weight excluding hydrogens is 296 g/mol. The monoisotopic (exact) mass is 308 g/mol. The fourth-order valence-corrected chi connectivity index (χ4v) is 3.02. The third-order valence-corrected chi connectivity index (χ3v) is 4.08. The van der Waals surface area contributed by atoms with E-state index in [9.17, 15) is 9.59 Å². The second-order valence-electron chi connectivity index (χ2n) is 4.02. The third kappa shape index (κ3) is 3.52. The normalized spacial score (nSPS) is 10.8. The summed E-state index contributed by atoms with van der Waals surface area (Å²) in [6.07, 6.45) is 2.46. The fraction of sp³-hybridized carbons (Fsp3) is 0.154. The molecule has 5 nitrogen and oxygen atoms in total. The van der Waals surface area contributed by atoms with Crippen LogP contribution in [0.1, 0.15) is 20.9 Å². The molecule has 0 unspecified atom stereocenters. The van der Waals surface area contributed by atoms with E-state index in [0.29, 0.717) is 17.0 Å². The van der Waals surface area contributed by atoms with Crippen LogP contribution in [0.2, 0.25) is 0 Å². The van der Waals surface area contributed by atoms with Gasteiger partial charge < -0.3 is 10.0 Å². The highest BCUT2D eigenvalue weighted by Gasteiger charge is 2.17. The predicted molar refractivity (Wildman–Crippen MR) is 78.9 cm³/mol. The molecule has 2 heterocycles. The summed E-state index contributed by atoms with van der Waals surface area (Å²) < 4.78 is 0. The number of carbonyl (C=O) groups excluding carboxylic acids is 1. The molecule has 0 aliphatic rings. The maximum Gasteiger partial charge on any atom is 0.328 e. The summed E-state index contributed by atoms with van der Waals surface area (Å²) in [4.78, 5) is 29.1. The molecule has 0 spiro atoms. The van der Waals surface area contributed by atoms with E-state index in [2.05, 4.69) is 4.98 Å².